The first-order valence-electron chi connectivity index (χ1n) is 8.17. The third-order valence-electron chi connectivity index (χ3n) is 5.46. The van der Waals surface area contributed by atoms with E-state index in [-0.39, 0.29) is 0 Å². The molecule has 2 saturated heterocycles. The summed E-state index contributed by atoms with van der Waals surface area (Å²) < 4.78 is 0. The molecule has 2 aliphatic heterocycles. The number of aromatic nitrogens is 2. The zero-order valence-electron chi connectivity index (χ0n) is 12.7. The lowest BCUT2D eigenvalue weighted by molar-refractivity contribution is 0.0483. The van der Waals surface area contributed by atoms with Crippen molar-refractivity contribution in [1.82, 2.24) is 20.2 Å². The Morgan fingerprint density at radius 2 is 2.14 bits per heavy atom. The van der Waals surface area contributed by atoms with Crippen molar-refractivity contribution in [1.29, 1.82) is 0 Å². The largest absolute Gasteiger partial charge is 0.346 e. The molecule has 0 saturated carbocycles. The second-order valence-electron chi connectivity index (χ2n) is 6.67. The zero-order chi connectivity index (χ0) is 14.2. The maximum Gasteiger partial charge on any atom is 0.137 e. The van der Waals surface area contributed by atoms with E-state index in [4.69, 9.17) is 0 Å². The fraction of sp³-hybridized carbons (Fsp3) is 0.588. The van der Waals surface area contributed by atoms with Crippen LogP contribution in [0.5, 0.6) is 0 Å². The van der Waals surface area contributed by atoms with Crippen molar-refractivity contribution in [3.8, 4) is 0 Å². The van der Waals surface area contributed by atoms with Crippen LogP contribution in [0.15, 0.2) is 24.5 Å². The van der Waals surface area contributed by atoms with Crippen LogP contribution in [0.3, 0.4) is 0 Å². The highest BCUT2D eigenvalue weighted by molar-refractivity contribution is 5.79. The molecule has 21 heavy (non-hydrogen) atoms. The molecule has 4 heteroatoms. The van der Waals surface area contributed by atoms with Gasteiger partial charge in [0, 0.05) is 42.5 Å². The predicted octanol–water partition coefficient (Wildman–Crippen LogP) is 2.67. The number of H-pyrrole nitrogens is 1. The van der Waals surface area contributed by atoms with Gasteiger partial charge in [-0.1, -0.05) is 6.42 Å². The standard InChI is InChI=1S/C17H24N4/c1-21-14-4-2-5-15(21)9-13(8-14)19-10-12-11-20-17-16(12)6-3-7-18-17/h3,6-7,11,13-15,19H,2,4-5,8-10H2,1H3,(H,18,20). The molecule has 4 nitrogen and oxygen atoms in total. The molecule has 2 aliphatic rings. The molecule has 2 aromatic rings. The molecule has 2 unspecified atom stereocenters. The predicted molar refractivity (Wildman–Crippen MR) is 85.1 cm³/mol. The SMILES string of the molecule is CN1C2CCCC1CC(NCc1c[nH]c3ncccc13)C2. The van der Waals surface area contributed by atoms with Crippen molar-refractivity contribution in [2.45, 2.75) is 56.8 Å². The lowest BCUT2D eigenvalue weighted by Crippen LogP contribution is -2.54. The van der Waals surface area contributed by atoms with Crippen LogP contribution >= 0.6 is 0 Å². The van der Waals surface area contributed by atoms with Crippen LogP contribution in [0, 0.1) is 0 Å². The highest BCUT2D eigenvalue weighted by Gasteiger charge is 2.35. The van der Waals surface area contributed by atoms with E-state index in [1.54, 1.807) is 0 Å². The quantitative estimate of drug-likeness (QED) is 0.911. The summed E-state index contributed by atoms with van der Waals surface area (Å²) in [6.45, 7) is 0.944. The average molecular weight is 284 g/mol. The Balaban J connectivity index is 1.43. The van der Waals surface area contributed by atoms with Crippen molar-refractivity contribution in [3.63, 3.8) is 0 Å². The molecular weight excluding hydrogens is 260 g/mol. The lowest BCUT2D eigenvalue weighted by atomic mass is 9.82. The third kappa shape index (κ3) is 2.47. The lowest BCUT2D eigenvalue weighted by Gasteiger charge is -2.47. The monoisotopic (exact) mass is 284 g/mol. The van der Waals surface area contributed by atoms with E-state index in [0.29, 0.717) is 6.04 Å². The first-order chi connectivity index (χ1) is 10.3. The Bertz CT molecular complexity index is 606. The van der Waals surface area contributed by atoms with Gasteiger partial charge in [0.25, 0.3) is 0 Å². The van der Waals surface area contributed by atoms with Crippen LogP contribution in [0.1, 0.15) is 37.7 Å². The molecule has 2 N–H and O–H groups in total. The fourth-order valence-electron chi connectivity index (χ4n) is 4.20. The van der Waals surface area contributed by atoms with Gasteiger partial charge < -0.3 is 15.2 Å². The normalized spacial score (nSPS) is 29.9. The summed E-state index contributed by atoms with van der Waals surface area (Å²) in [6.07, 6.45) is 10.7. The molecule has 0 aliphatic carbocycles. The molecule has 112 valence electrons. The van der Waals surface area contributed by atoms with Gasteiger partial charge in [0.05, 0.1) is 0 Å². The highest BCUT2D eigenvalue weighted by Crippen LogP contribution is 2.32. The molecule has 4 rings (SSSR count). The van der Waals surface area contributed by atoms with Gasteiger partial charge in [0.2, 0.25) is 0 Å². The molecule has 4 heterocycles. The molecule has 0 aromatic carbocycles. The van der Waals surface area contributed by atoms with E-state index in [1.165, 1.54) is 43.1 Å². The molecule has 0 amide bonds. The van der Waals surface area contributed by atoms with Crippen molar-refractivity contribution >= 4 is 11.0 Å². The minimum atomic E-state index is 0.665. The number of aromatic amines is 1. The first kappa shape index (κ1) is 13.3. The summed E-state index contributed by atoms with van der Waals surface area (Å²) in [4.78, 5) is 10.2. The second kappa shape index (κ2) is 5.43. The smallest absolute Gasteiger partial charge is 0.137 e. The maximum absolute atomic E-state index is 4.36. The van der Waals surface area contributed by atoms with Gasteiger partial charge in [0.15, 0.2) is 0 Å². The van der Waals surface area contributed by atoms with Crippen LogP contribution in [0.25, 0.3) is 11.0 Å². The Morgan fingerprint density at radius 1 is 1.33 bits per heavy atom. The number of nitrogens with zero attached hydrogens (tertiary/aromatic N) is 2. The summed E-state index contributed by atoms with van der Waals surface area (Å²) in [5.41, 5.74) is 2.33. The van der Waals surface area contributed by atoms with Crippen molar-refractivity contribution in [3.05, 3.63) is 30.1 Å². The Hall–Kier alpha value is -1.39. The van der Waals surface area contributed by atoms with Crippen molar-refractivity contribution < 1.29 is 0 Å². The van der Waals surface area contributed by atoms with Crippen molar-refractivity contribution in [2.75, 3.05) is 7.05 Å². The average Bonchev–Trinajstić information content (AvgIpc) is 2.89. The molecule has 0 spiro atoms. The van der Waals surface area contributed by atoms with Crippen molar-refractivity contribution in [2.24, 2.45) is 0 Å². The number of nitrogens with one attached hydrogen (secondary N) is 2. The summed E-state index contributed by atoms with van der Waals surface area (Å²) in [5, 5.41) is 5.04. The summed E-state index contributed by atoms with van der Waals surface area (Å²) in [6, 6.07) is 6.41. The molecule has 2 fully saturated rings. The minimum Gasteiger partial charge on any atom is -0.346 e. The Morgan fingerprint density at radius 3 is 2.95 bits per heavy atom. The van der Waals surface area contributed by atoms with E-state index in [9.17, 15) is 0 Å². The Labute approximate surface area is 125 Å². The number of piperidine rings is 2. The highest BCUT2D eigenvalue weighted by atomic mass is 15.2. The number of rotatable bonds is 3. The van der Waals surface area contributed by atoms with E-state index < -0.39 is 0 Å². The summed E-state index contributed by atoms with van der Waals surface area (Å²) in [5.74, 6) is 0. The summed E-state index contributed by atoms with van der Waals surface area (Å²) in [7, 11) is 2.32. The Kier molecular flexibility index (Phi) is 3.43. The van der Waals surface area contributed by atoms with E-state index in [1.807, 2.05) is 12.3 Å². The number of fused-ring (bicyclic) bond motifs is 3. The fourth-order valence-corrected chi connectivity index (χ4v) is 4.20. The second-order valence-corrected chi connectivity index (χ2v) is 6.67. The van der Waals surface area contributed by atoms with E-state index in [0.717, 1.165) is 24.3 Å². The van der Waals surface area contributed by atoms with E-state index >= 15 is 0 Å². The number of pyridine rings is 1. The van der Waals surface area contributed by atoms with Gasteiger partial charge in [0.1, 0.15) is 5.65 Å². The molecular formula is C17H24N4. The maximum atomic E-state index is 4.36. The van der Waals surface area contributed by atoms with Gasteiger partial charge in [-0.05, 0) is 50.4 Å². The summed E-state index contributed by atoms with van der Waals surface area (Å²) >= 11 is 0. The van der Waals surface area contributed by atoms with E-state index in [2.05, 4.69) is 39.5 Å². The number of hydrogen-bond acceptors (Lipinski definition) is 3. The van der Waals surface area contributed by atoms with Gasteiger partial charge in [-0.15, -0.1) is 0 Å². The zero-order valence-corrected chi connectivity index (χ0v) is 12.7. The molecule has 0 radical (unpaired) electrons. The first-order valence-corrected chi connectivity index (χ1v) is 8.17. The third-order valence-corrected chi connectivity index (χ3v) is 5.46. The van der Waals surface area contributed by atoms with Crippen LogP contribution in [-0.4, -0.2) is 40.0 Å². The van der Waals surface area contributed by atoms with Crippen LogP contribution in [0.2, 0.25) is 0 Å². The minimum absolute atomic E-state index is 0.665. The molecule has 2 atom stereocenters. The van der Waals surface area contributed by atoms with Gasteiger partial charge in [-0.2, -0.15) is 0 Å². The molecule has 2 aromatic heterocycles. The van der Waals surface area contributed by atoms with Gasteiger partial charge in [-0.3, -0.25) is 0 Å². The van der Waals surface area contributed by atoms with Gasteiger partial charge >= 0.3 is 0 Å². The van der Waals surface area contributed by atoms with Crippen LogP contribution in [-0.2, 0) is 6.54 Å². The van der Waals surface area contributed by atoms with Crippen LogP contribution in [0.4, 0.5) is 0 Å². The number of hydrogen-bond donors (Lipinski definition) is 2. The van der Waals surface area contributed by atoms with Gasteiger partial charge in [-0.25, -0.2) is 4.98 Å². The topological polar surface area (TPSA) is 44.0 Å². The molecule has 2 bridgehead atoms. The van der Waals surface area contributed by atoms with Crippen LogP contribution < -0.4 is 5.32 Å².